The van der Waals surface area contributed by atoms with Gasteiger partial charge in [-0.1, -0.05) is 51.8 Å². The van der Waals surface area contributed by atoms with Gasteiger partial charge in [0.05, 0.1) is 9.88 Å². The third-order valence-electron chi connectivity index (χ3n) is 6.50. The van der Waals surface area contributed by atoms with Crippen LogP contribution in [0.1, 0.15) is 41.7 Å². The van der Waals surface area contributed by atoms with Crippen LogP contribution in [0.15, 0.2) is 59.2 Å². The predicted octanol–water partition coefficient (Wildman–Crippen LogP) is 7.38. The second-order valence-electron chi connectivity index (χ2n) is 7.95. The third-order valence-corrected chi connectivity index (χ3v) is 8.43. The number of hydrogen-bond donors (Lipinski definition) is 0. The van der Waals surface area contributed by atoms with Gasteiger partial charge in [-0.2, -0.15) is 0 Å². The van der Waals surface area contributed by atoms with E-state index in [1.807, 2.05) is 23.5 Å². The summed E-state index contributed by atoms with van der Waals surface area (Å²) < 4.78 is 1.11. The maximum Gasteiger partial charge on any atom is 0.0983 e. The van der Waals surface area contributed by atoms with Gasteiger partial charge >= 0.3 is 0 Å². The standard InChI is InChI=1S/C23H22BrClN2S.ClH/c1-27-18-10-11-20(27)22(19(12-18)14-4-8-17(25)9-5-14)23-26-13-21(28-23)15-2-6-16(24)7-3-15;/h2-9,13,18-20,22H,10-12H2,1H3;1H/t18-,19+,20+,22-;/m0./s1. The Morgan fingerprint density at radius 2 is 1.79 bits per heavy atom. The number of rotatable bonds is 3. The SMILES string of the molecule is CN1[C@H]2CC[C@@H]1[C@@H](c1ncc(-c3ccc(Br)cc3)s1)[C@@H](c1ccc(Cl)cc1)C2.Cl. The number of benzene rings is 2. The summed E-state index contributed by atoms with van der Waals surface area (Å²) in [5.74, 6) is 0.953. The van der Waals surface area contributed by atoms with Crippen LogP contribution < -0.4 is 0 Å². The minimum absolute atomic E-state index is 0. The second-order valence-corrected chi connectivity index (χ2v) is 10.4. The molecule has 0 saturated carbocycles. The minimum Gasteiger partial charge on any atom is -0.300 e. The topological polar surface area (TPSA) is 16.1 Å². The van der Waals surface area contributed by atoms with Gasteiger partial charge in [0.25, 0.3) is 0 Å². The van der Waals surface area contributed by atoms with Crippen molar-refractivity contribution in [3.05, 3.63) is 74.8 Å². The number of aromatic nitrogens is 1. The zero-order chi connectivity index (χ0) is 19.3. The van der Waals surface area contributed by atoms with Crippen LogP contribution >= 0.6 is 51.3 Å². The molecule has 2 saturated heterocycles. The van der Waals surface area contributed by atoms with E-state index in [4.69, 9.17) is 16.6 Å². The van der Waals surface area contributed by atoms with Crippen LogP contribution in [0.5, 0.6) is 0 Å². The van der Waals surface area contributed by atoms with E-state index >= 15 is 0 Å². The number of fused-ring (bicyclic) bond motifs is 2. The Kier molecular flexibility index (Phi) is 6.38. The zero-order valence-electron chi connectivity index (χ0n) is 16.1. The van der Waals surface area contributed by atoms with Crippen molar-refractivity contribution in [3.63, 3.8) is 0 Å². The van der Waals surface area contributed by atoms with Crippen LogP contribution in [0.25, 0.3) is 10.4 Å². The van der Waals surface area contributed by atoms with Crippen LogP contribution in [0.3, 0.4) is 0 Å². The Morgan fingerprint density at radius 3 is 2.52 bits per heavy atom. The van der Waals surface area contributed by atoms with E-state index < -0.39 is 0 Å². The van der Waals surface area contributed by atoms with Crippen LogP contribution in [0.2, 0.25) is 5.02 Å². The van der Waals surface area contributed by atoms with Crippen molar-refractivity contribution in [3.8, 4) is 10.4 Å². The number of halogens is 3. The van der Waals surface area contributed by atoms with E-state index in [-0.39, 0.29) is 12.4 Å². The molecular formula is C23H23BrCl2N2S. The molecule has 3 aromatic rings. The molecule has 2 bridgehead atoms. The average molecular weight is 510 g/mol. The molecule has 29 heavy (non-hydrogen) atoms. The molecule has 2 aromatic carbocycles. The summed E-state index contributed by atoms with van der Waals surface area (Å²) in [5, 5.41) is 2.08. The molecule has 0 spiro atoms. The number of likely N-dealkylation sites (N-methyl/N-ethyl adjacent to an activating group) is 1. The molecule has 4 atom stereocenters. The maximum absolute atomic E-state index is 6.16. The Hall–Kier alpha value is -0.910. The lowest BCUT2D eigenvalue weighted by atomic mass is 9.76. The highest BCUT2D eigenvalue weighted by atomic mass is 79.9. The van der Waals surface area contributed by atoms with Gasteiger partial charge < -0.3 is 0 Å². The lowest BCUT2D eigenvalue weighted by Gasteiger charge is -2.42. The van der Waals surface area contributed by atoms with Crippen molar-refractivity contribution in [1.82, 2.24) is 9.88 Å². The highest BCUT2D eigenvalue weighted by Crippen LogP contribution is 2.52. The number of piperidine rings is 1. The summed E-state index contributed by atoms with van der Waals surface area (Å²) in [7, 11) is 2.30. The number of hydrogen-bond acceptors (Lipinski definition) is 3. The molecule has 0 amide bonds. The summed E-state index contributed by atoms with van der Waals surface area (Å²) in [6.07, 6.45) is 5.82. The molecule has 3 heterocycles. The van der Waals surface area contributed by atoms with Gasteiger partial charge in [-0.3, -0.25) is 4.90 Å². The van der Waals surface area contributed by atoms with Crippen molar-refractivity contribution >= 4 is 51.3 Å². The summed E-state index contributed by atoms with van der Waals surface area (Å²) in [4.78, 5) is 8.80. The van der Waals surface area contributed by atoms with Gasteiger partial charge in [0.2, 0.25) is 0 Å². The molecule has 2 aliphatic rings. The van der Waals surface area contributed by atoms with Gasteiger partial charge in [-0.25, -0.2) is 4.98 Å². The minimum atomic E-state index is 0. The fraction of sp³-hybridized carbons (Fsp3) is 0.348. The van der Waals surface area contributed by atoms with Crippen molar-refractivity contribution in [1.29, 1.82) is 0 Å². The van der Waals surface area contributed by atoms with Crippen molar-refractivity contribution in [2.75, 3.05) is 7.05 Å². The molecule has 2 fully saturated rings. The normalized spacial score (nSPS) is 26.3. The Labute approximate surface area is 195 Å². The van der Waals surface area contributed by atoms with Gasteiger partial charge in [0.15, 0.2) is 0 Å². The first kappa shape index (κ1) is 21.3. The molecule has 2 aliphatic heterocycles. The van der Waals surface area contributed by atoms with Gasteiger partial charge in [0, 0.05) is 33.7 Å². The van der Waals surface area contributed by atoms with Gasteiger partial charge in [-0.15, -0.1) is 23.7 Å². The Bertz CT molecular complexity index is 973. The van der Waals surface area contributed by atoms with Crippen molar-refractivity contribution < 1.29 is 0 Å². The fourth-order valence-electron chi connectivity index (χ4n) is 5.05. The molecule has 0 N–H and O–H groups in total. The summed E-state index contributed by atoms with van der Waals surface area (Å²) in [6, 6.07) is 18.3. The van der Waals surface area contributed by atoms with E-state index in [0.717, 1.165) is 9.50 Å². The van der Waals surface area contributed by atoms with Crippen molar-refractivity contribution in [2.45, 2.75) is 43.2 Å². The smallest absolute Gasteiger partial charge is 0.0983 e. The van der Waals surface area contributed by atoms with Crippen LogP contribution in [-0.2, 0) is 0 Å². The lowest BCUT2D eigenvalue weighted by Crippen LogP contribution is -2.44. The summed E-state index contributed by atoms with van der Waals surface area (Å²) in [5.41, 5.74) is 2.64. The van der Waals surface area contributed by atoms with Crippen LogP contribution in [0.4, 0.5) is 0 Å². The molecular weight excluding hydrogens is 487 g/mol. The first-order valence-electron chi connectivity index (χ1n) is 9.79. The molecule has 0 radical (unpaired) electrons. The van der Waals surface area contributed by atoms with Crippen LogP contribution in [0, 0.1) is 0 Å². The Balaban J connectivity index is 0.00000205. The first-order chi connectivity index (χ1) is 13.6. The van der Waals surface area contributed by atoms with Crippen LogP contribution in [-0.4, -0.2) is 29.0 Å². The fourth-order valence-corrected chi connectivity index (χ4v) is 6.58. The molecule has 6 heteroatoms. The first-order valence-corrected chi connectivity index (χ1v) is 11.8. The number of thiazole rings is 1. The van der Waals surface area contributed by atoms with E-state index in [9.17, 15) is 0 Å². The van der Waals surface area contributed by atoms with E-state index in [2.05, 4.69) is 70.5 Å². The number of nitrogens with zero attached hydrogens (tertiary/aromatic N) is 2. The summed E-state index contributed by atoms with van der Waals surface area (Å²) >= 11 is 11.5. The van der Waals surface area contributed by atoms with E-state index in [1.165, 1.54) is 40.3 Å². The average Bonchev–Trinajstić information content (AvgIpc) is 3.26. The van der Waals surface area contributed by atoms with Gasteiger partial charge in [0.1, 0.15) is 0 Å². The van der Waals surface area contributed by atoms with E-state index in [0.29, 0.717) is 23.9 Å². The molecule has 0 aliphatic carbocycles. The largest absolute Gasteiger partial charge is 0.300 e. The second kappa shape index (κ2) is 8.68. The van der Waals surface area contributed by atoms with E-state index in [1.54, 1.807) is 0 Å². The monoisotopic (exact) mass is 508 g/mol. The summed E-state index contributed by atoms with van der Waals surface area (Å²) in [6.45, 7) is 0. The molecule has 0 unspecified atom stereocenters. The Morgan fingerprint density at radius 1 is 1.07 bits per heavy atom. The third kappa shape index (κ3) is 4.03. The van der Waals surface area contributed by atoms with Crippen molar-refractivity contribution in [2.24, 2.45) is 0 Å². The highest BCUT2D eigenvalue weighted by molar-refractivity contribution is 9.10. The molecule has 2 nitrogen and oxygen atoms in total. The molecule has 5 rings (SSSR count). The lowest BCUT2D eigenvalue weighted by molar-refractivity contribution is 0.137. The predicted molar refractivity (Wildman–Crippen MR) is 129 cm³/mol. The molecule has 1 aromatic heterocycles. The highest BCUT2D eigenvalue weighted by Gasteiger charge is 2.47. The molecule has 152 valence electrons. The quantitative estimate of drug-likeness (QED) is 0.366. The van der Waals surface area contributed by atoms with Gasteiger partial charge in [-0.05, 0) is 67.6 Å². The maximum atomic E-state index is 6.16. The zero-order valence-corrected chi connectivity index (χ0v) is 20.1.